The lowest BCUT2D eigenvalue weighted by atomic mass is 10.1. The van der Waals surface area contributed by atoms with E-state index in [9.17, 15) is 5.11 Å². The highest BCUT2D eigenvalue weighted by Crippen LogP contribution is 2.20. The Morgan fingerprint density at radius 3 is 2.41 bits per heavy atom. The van der Waals surface area contributed by atoms with Gasteiger partial charge in [-0.25, -0.2) is 0 Å². The molecule has 1 aromatic carbocycles. The van der Waals surface area contributed by atoms with Crippen molar-refractivity contribution < 1.29 is 9.84 Å². The van der Waals surface area contributed by atoms with Gasteiger partial charge in [-0.3, -0.25) is 0 Å². The predicted molar refractivity (Wildman–Crippen MR) is 70.4 cm³/mol. The third-order valence-electron chi connectivity index (χ3n) is 2.59. The van der Waals surface area contributed by atoms with Crippen LogP contribution in [0, 0.1) is 0 Å². The average Bonchev–Trinajstić information content (AvgIpc) is 2.34. The quantitative estimate of drug-likeness (QED) is 0.790. The van der Waals surface area contributed by atoms with Gasteiger partial charge in [-0.15, -0.1) is 0 Å². The SMILES string of the molecule is CCCOc1ccc(C(O)CCN(C)C)cc1. The third-order valence-corrected chi connectivity index (χ3v) is 2.59. The molecule has 0 saturated heterocycles. The van der Waals surface area contributed by atoms with Crippen LogP contribution in [0.5, 0.6) is 5.75 Å². The molecule has 0 aromatic heterocycles. The lowest BCUT2D eigenvalue weighted by Gasteiger charge is -2.15. The number of aliphatic hydroxyl groups is 1. The Morgan fingerprint density at radius 1 is 1.24 bits per heavy atom. The Morgan fingerprint density at radius 2 is 1.88 bits per heavy atom. The molecule has 0 saturated carbocycles. The van der Waals surface area contributed by atoms with Crippen molar-refractivity contribution in [3.63, 3.8) is 0 Å². The molecule has 0 radical (unpaired) electrons. The van der Waals surface area contributed by atoms with Crippen LogP contribution in [0.1, 0.15) is 31.4 Å². The van der Waals surface area contributed by atoms with Crippen LogP contribution >= 0.6 is 0 Å². The zero-order chi connectivity index (χ0) is 12.7. The van der Waals surface area contributed by atoms with E-state index in [1.807, 2.05) is 38.4 Å². The van der Waals surface area contributed by atoms with Crippen LogP contribution < -0.4 is 4.74 Å². The van der Waals surface area contributed by atoms with E-state index in [0.717, 1.165) is 37.3 Å². The lowest BCUT2D eigenvalue weighted by Crippen LogP contribution is -2.15. The second kappa shape index (κ2) is 7.30. The van der Waals surface area contributed by atoms with Gasteiger partial charge in [0.1, 0.15) is 5.75 Å². The summed E-state index contributed by atoms with van der Waals surface area (Å²) in [5, 5.41) is 9.97. The summed E-state index contributed by atoms with van der Waals surface area (Å²) >= 11 is 0. The summed E-state index contributed by atoms with van der Waals surface area (Å²) in [5.74, 6) is 0.871. The molecular weight excluding hydrogens is 214 g/mol. The minimum atomic E-state index is -0.391. The van der Waals surface area contributed by atoms with Gasteiger partial charge >= 0.3 is 0 Å². The van der Waals surface area contributed by atoms with E-state index in [-0.39, 0.29) is 0 Å². The van der Waals surface area contributed by atoms with Crippen LogP contribution in [0.4, 0.5) is 0 Å². The van der Waals surface area contributed by atoms with Gasteiger partial charge in [-0.1, -0.05) is 19.1 Å². The first-order valence-electron chi connectivity index (χ1n) is 6.19. The smallest absolute Gasteiger partial charge is 0.119 e. The Balaban J connectivity index is 2.48. The van der Waals surface area contributed by atoms with E-state index >= 15 is 0 Å². The zero-order valence-corrected chi connectivity index (χ0v) is 11.0. The first kappa shape index (κ1) is 14.0. The van der Waals surface area contributed by atoms with Crippen molar-refractivity contribution in [2.75, 3.05) is 27.2 Å². The van der Waals surface area contributed by atoms with Crippen molar-refractivity contribution in [3.8, 4) is 5.75 Å². The van der Waals surface area contributed by atoms with E-state index in [1.54, 1.807) is 0 Å². The number of hydrogen-bond acceptors (Lipinski definition) is 3. The molecule has 0 fully saturated rings. The Bertz CT molecular complexity index is 309. The summed E-state index contributed by atoms with van der Waals surface area (Å²) in [5.41, 5.74) is 0.954. The fraction of sp³-hybridized carbons (Fsp3) is 0.571. The third kappa shape index (κ3) is 5.20. The molecule has 0 aliphatic carbocycles. The second-order valence-corrected chi connectivity index (χ2v) is 4.53. The molecule has 0 heterocycles. The predicted octanol–water partition coefficient (Wildman–Crippen LogP) is 2.46. The minimum Gasteiger partial charge on any atom is -0.494 e. The molecule has 1 rings (SSSR count). The van der Waals surface area contributed by atoms with Gasteiger partial charge in [-0.05, 0) is 44.6 Å². The summed E-state index contributed by atoms with van der Waals surface area (Å²) in [6.07, 6.45) is 1.37. The van der Waals surface area contributed by atoms with E-state index in [1.165, 1.54) is 0 Å². The normalized spacial score (nSPS) is 12.8. The summed E-state index contributed by atoms with van der Waals surface area (Å²) in [7, 11) is 4.02. The largest absolute Gasteiger partial charge is 0.494 e. The summed E-state index contributed by atoms with van der Waals surface area (Å²) in [6, 6.07) is 7.71. The number of benzene rings is 1. The van der Waals surface area contributed by atoms with Gasteiger partial charge in [0.05, 0.1) is 12.7 Å². The number of rotatable bonds is 7. The Kier molecular flexibility index (Phi) is 6.01. The highest BCUT2D eigenvalue weighted by molar-refractivity contribution is 5.28. The molecule has 0 bridgehead atoms. The summed E-state index contributed by atoms with van der Waals surface area (Å²) in [4.78, 5) is 2.07. The first-order valence-corrected chi connectivity index (χ1v) is 6.19. The van der Waals surface area contributed by atoms with Crippen LogP contribution in [0.15, 0.2) is 24.3 Å². The van der Waals surface area contributed by atoms with Crippen molar-refractivity contribution in [2.45, 2.75) is 25.9 Å². The van der Waals surface area contributed by atoms with Crippen LogP contribution in [0.2, 0.25) is 0 Å². The molecule has 1 aromatic rings. The number of hydrogen-bond donors (Lipinski definition) is 1. The molecule has 1 unspecified atom stereocenters. The Hall–Kier alpha value is -1.06. The zero-order valence-electron chi connectivity index (χ0n) is 11.0. The highest BCUT2D eigenvalue weighted by Gasteiger charge is 2.07. The maximum absolute atomic E-state index is 9.97. The van der Waals surface area contributed by atoms with Gasteiger partial charge < -0.3 is 14.7 Å². The average molecular weight is 237 g/mol. The molecule has 0 spiro atoms. The van der Waals surface area contributed by atoms with Gasteiger partial charge in [0.25, 0.3) is 0 Å². The van der Waals surface area contributed by atoms with E-state index in [0.29, 0.717) is 0 Å². The van der Waals surface area contributed by atoms with E-state index in [2.05, 4.69) is 11.8 Å². The van der Waals surface area contributed by atoms with Crippen molar-refractivity contribution in [2.24, 2.45) is 0 Å². The maximum atomic E-state index is 9.97. The monoisotopic (exact) mass is 237 g/mol. The topological polar surface area (TPSA) is 32.7 Å². The van der Waals surface area contributed by atoms with E-state index < -0.39 is 6.10 Å². The second-order valence-electron chi connectivity index (χ2n) is 4.53. The molecule has 0 aliphatic rings. The maximum Gasteiger partial charge on any atom is 0.119 e. The van der Waals surface area contributed by atoms with Gasteiger partial charge in [0.2, 0.25) is 0 Å². The van der Waals surface area contributed by atoms with Crippen molar-refractivity contribution in [1.82, 2.24) is 4.90 Å². The van der Waals surface area contributed by atoms with Crippen molar-refractivity contribution >= 4 is 0 Å². The first-order chi connectivity index (χ1) is 8.13. The van der Waals surface area contributed by atoms with Crippen LogP contribution in [-0.2, 0) is 0 Å². The standard InChI is InChI=1S/C14H23NO2/c1-4-11-17-13-7-5-12(6-8-13)14(16)9-10-15(2)3/h5-8,14,16H,4,9-11H2,1-3H3. The molecule has 0 amide bonds. The van der Waals surface area contributed by atoms with Crippen LogP contribution in [-0.4, -0.2) is 37.3 Å². The molecule has 96 valence electrons. The van der Waals surface area contributed by atoms with Crippen molar-refractivity contribution in [1.29, 1.82) is 0 Å². The molecule has 17 heavy (non-hydrogen) atoms. The fourth-order valence-electron chi connectivity index (χ4n) is 1.55. The molecule has 3 heteroatoms. The van der Waals surface area contributed by atoms with Gasteiger partial charge in [0, 0.05) is 6.54 Å². The molecule has 1 atom stereocenters. The van der Waals surface area contributed by atoms with Crippen LogP contribution in [0.3, 0.4) is 0 Å². The highest BCUT2D eigenvalue weighted by atomic mass is 16.5. The van der Waals surface area contributed by atoms with Gasteiger partial charge in [0.15, 0.2) is 0 Å². The number of nitrogens with zero attached hydrogens (tertiary/aromatic N) is 1. The molecule has 3 nitrogen and oxygen atoms in total. The van der Waals surface area contributed by atoms with Crippen LogP contribution in [0.25, 0.3) is 0 Å². The number of ether oxygens (including phenoxy) is 1. The molecule has 1 N–H and O–H groups in total. The lowest BCUT2D eigenvalue weighted by molar-refractivity contribution is 0.154. The molecular formula is C14H23NO2. The molecule has 0 aliphatic heterocycles. The Labute approximate surface area is 104 Å². The van der Waals surface area contributed by atoms with Crippen molar-refractivity contribution in [3.05, 3.63) is 29.8 Å². The van der Waals surface area contributed by atoms with Gasteiger partial charge in [-0.2, -0.15) is 0 Å². The minimum absolute atomic E-state index is 0.391. The van der Waals surface area contributed by atoms with E-state index in [4.69, 9.17) is 4.74 Å². The summed E-state index contributed by atoms with van der Waals surface area (Å²) in [6.45, 7) is 3.71. The fourth-order valence-corrected chi connectivity index (χ4v) is 1.55. The summed E-state index contributed by atoms with van der Waals surface area (Å²) < 4.78 is 5.50. The number of aliphatic hydroxyl groups excluding tert-OH is 1.